The van der Waals surface area contributed by atoms with E-state index in [0.29, 0.717) is 12.2 Å². The summed E-state index contributed by atoms with van der Waals surface area (Å²) < 4.78 is 5.98. The van der Waals surface area contributed by atoms with Crippen molar-refractivity contribution >= 4 is 43.7 Å². The first-order chi connectivity index (χ1) is 13.1. The van der Waals surface area contributed by atoms with E-state index in [0.717, 1.165) is 37.8 Å². The van der Waals surface area contributed by atoms with E-state index in [1.54, 1.807) is 19.2 Å². The third kappa shape index (κ3) is 3.10. The van der Waals surface area contributed by atoms with Gasteiger partial charge in [-0.05, 0) is 48.0 Å². The van der Waals surface area contributed by atoms with Gasteiger partial charge in [-0.1, -0.05) is 24.3 Å². The van der Waals surface area contributed by atoms with E-state index < -0.39 is 0 Å². The van der Waals surface area contributed by atoms with Crippen molar-refractivity contribution in [3.63, 3.8) is 0 Å². The van der Waals surface area contributed by atoms with Crippen LogP contribution in [0, 0.1) is 0 Å². The van der Waals surface area contributed by atoms with Crippen molar-refractivity contribution in [3.05, 3.63) is 70.2 Å². The molecule has 0 amide bonds. The molecular formula is C21H18BrN3O2. The van der Waals surface area contributed by atoms with E-state index in [9.17, 15) is 4.79 Å². The van der Waals surface area contributed by atoms with Crippen molar-refractivity contribution in [2.75, 3.05) is 6.61 Å². The smallest absolute Gasteiger partial charge is 0.338 e. The fourth-order valence-electron chi connectivity index (χ4n) is 3.31. The van der Waals surface area contributed by atoms with Crippen LogP contribution >= 0.6 is 15.9 Å². The summed E-state index contributed by atoms with van der Waals surface area (Å²) in [6.45, 7) is 4.19. The molecule has 0 aliphatic heterocycles. The molecule has 0 radical (unpaired) electrons. The number of halogens is 1. The van der Waals surface area contributed by atoms with Gasteiger partial charge in [0.1, 0.15) is 5.82 Å². The first-order valence-electron chi connectivity index (χ1n) is 8.79. The minimum atomic E-state index is -0.336. The Morgan fingerprint density at radius 2 is 2.04 bits per heavy atom. The number of rotatable bonds is 4. The molecule has 0 bridgehead atoms. The maximum atomic E-state index is 12.4. The van der Waals surface area contributed by atoms with Crippen LogP contribution in [0.4, 0.5) is 0 Å². The normalized spacial score (nSPS) is 12.4. The Morgan fingerprint density at radius 3 is 2.81 bits per heavy atom. The Bertz CT molecular complexity index is 1120. The molecule has 136 valence electrons. The van der Waals surface area contributed by atoms with Crippen LogP contribution in [-0.4, -0.2) is 27.5 Å². The Kier molecular flexibility index (Phi) is 4.66. The standard InChI is InChI=1S/C21H18BrN3O2/c1-3-27-21(26)14-8-6-7-13-18(14)15(22)11-23-19(13)12(2)20-24-16-9-4-5-10-17(16)25-20/h4-12H,3H2,1-2H3,(H,24,25). The number of carbonyl (C=O) groups is 1. The average molecular weight is 424 g/mol. The molecule has 1 atom stereocenters. The Morgan fingerprint density at radius 1 is 1.22 bits per heavy atom. The first kappa shape index (κ1) is 17.7. The maximum absolute atomic E-state index is 12.4. The van der Waals surface area contributed by atoms with E-state index in [1.165, 1.54) is 0 Å². The molecule has 0 saturated carbocycles. The van der Waals surface area contributed by atoms with E-state index in [2.05, 4.69) is 32.8 Å². The van der Waals surface area contributed by atoms with Crippen LogP contribution in [0.25, 0.3) is 21.8 Å². The highest BCUT2D eigenvalue weighted by Crippen LogP contribution is 2.34. The van der Waals surface area contributed by atoms with Crippen LogP contribution < -0.4 is 0 Å². The van der Waals surface area contributed by atoms with Gasteiger partial charge in [-0.15, -0.1) is 0 Å². The summed E-state index contributed by atoms with van der Waals surface area (Å²) in [6.07, 6.45) is 1.74. The van der Waals surface area contributed by atoms with Gasteiger partial charge in [-0.2, -0.15) is 0 Å². The summed E-state index contributed by atoms with van der Waals surface area (Å²) >= 11 is 3.54. The molecule has 0 spiro atoms. The topological polar surface area (TPSA) is 67.9 Å². The third-order valence-corrected chi connectivity index (χ3v) is 5.22. The molecule has 1 unspecified atom stereocenters. The molecule has 6 heteroatoms. The van der Waals surface area contributed by atoms with Crippen molar-refractivity contribution in [1.82, 2.24) is 15.0 Å². The minimum Gasteiger partial charge on any atom is -0.462 e. The highest BCUT2D eigenvalue weighted by atomic mass is 79.9. The number of nitrogens with one attached hydrogen (secondary N) is 1. The number of benzene rings is 2. The number of esters is 1. The summed E-state index contributed by atoms with van der Waals surface area (Å²) in [5.74, 6) is 0.441. The molecule has 0 aliphatic rings. The number of para-hydroxylation sites is 2. The number of fused-ring (bicyclic) bond motifs is 2. The molecule has 27 heavy (non-hydrogen) atoms. The van der Waals surface area contributed by atoms with Crippen molar-refractivity contribution in [2.45, 2.75) is 19.8 Å². The average Bonchev–Trinajstić information content (AvgIpc) is 3.12. The van der Waals surface area contributed by atoms with Gasteiger partial charge in [0.2, 0.25) is 0 Å². The molecule has 0 aliphatic carbocycles. The van der Waals surface area contributed by atoms with Crippen LogP contribution in [0.2, 0.25) is 0 Å². The lowest BCUT2D eigenvalue weighted by Gasteiger charge is -2.14. The Hall–Kier alpha value is -2.73. The zero-order valence-corrected chi connectivity index (χ0v) is 16.6. The fraction of sp³-hybridized carbons (Fsp3) is 0.190. The molecule has 2 aromatic carbocycles. The Balaban J connectivity index is 1.88. The van der Waals surface area contributed by atoms with Gasteiger partial charge in [0, 0.05) is 21.4 Å². The van der Waals surface area contributed by atoms with Crippen LogP contribution in [0.1, 0.15) is 41.6 Å². The number of imidazole rings is 1. The highest BCUT2D eigenvalue weighted by Gasteiger charge is 2.21. The number of ether oxygens (including phenoxy) is 1. The fourth-order valence-corrected chi connectivity index (χ4v) is 3.84. The van der Waals surface area contributed by atoms with E-state index in [4.69, 9.17) is 9.72 Å². The summed E-state index contributed by atoms with van der Waals surface area (Å²) in [4.78, 5) is 25.1. The second-order valence-corrected chi connectivity index (χ2v) is 7.16. The zero-order valence-electron chi connectivity index (χ0n) is 15.0. The van der Waals surface area contributed by atoms with Crippen LogP contribution in [0.15, 0.2) is 53.1 Å². The predicted octanol–water partition coefficient (Wildman–Crippen LogP) is 5.20. The van der Waals surface area contributed by atoms with Gasteiger partial charge in [-0.3, -0.25) is 4.98 Å². The third-order valence-electron chi connectivity index (χ3n) is 4.62. The van der Waals surface area contributed by atoms with Crippen molar-refractivity contribution in [2.24, 2.45) is 0 Å². The minimum absolute atomic E-state index is 0.0644. The lowest BCUT2D eigenvalue weighted by molar-refractivity contribution is 0.0528. The summed E-state index contributed by atoms with van der Waals surface area (Å²) in [5, 5.41) is 1.71. The monoisotopic (exact) mass is 423 g/mol. The van der Waals surface area contributed by atoms with Crippen molar-refractivity contribution in [1.29, 1.82) is 0 Å². The largest absolute Gasteiger partial charge is 0.462 e. The number of aromatic amines is 1. The molecule has 1 N–H and O–H groups in total. The first-order valence-corrected chi connectivity index (χ1v) is 9.58. The number of carbonyl (C=O) groups excluding carboxylic acids is 1. The van der Waals surface area contributed by atoms with Crippen LogP contribution in [0.5, 0.6) is 0 Å². The van der Waals surface area contributed by atoms with Crippen LogP contribution in [-0.2, 0) is 4.74 Å². The Labute approximate surface area is 164 Å². The SMILES string of the molecule is CCOC(=O)c1cccc2c(C(C)c3nc4ccccc4[nH]3)ncc(Br)c12. The molecule has 0 fully saturated rings. The van der Waals surface area contributed by atoms with Gasteiger partial charge in [0.25, 0.3) is 0 Å². The van der Waals surface area contributed by atoms with E-state index in [1.807, 2.05) is 36.4 Å². The molecule has 4 aromatic rings. The van der Waals surface area contributed by atoms with Gasteiger partial charge in [0.15, 0.2) is 0 Å². The number of H-pyrrole nitrogens is 1. The number of pyridine rings is 1. The molecule has 4 rings (SSSR count). The second kappa shape index (κ2) is 7.12. The second-order valence-electron chi connectivity index (χ2n) is 6.30. The summed E-state index contributed by atoms with van der Waals surface area (Å²) in [5.41, 5.74) is 3.31. The lowest BCUT2D eigenvalue weighted by Crippen LogP contribution is -2.08. The molecule has 0 saturated heterocycles. The number of aromatic nitrogens is 3. The molecule has 5 nitrogen and oxygen atoms in total. The van der Waals surface area contributed by atoms with Crippen molar-refractivity contribution < 1.29 is 9.53 Å². The van der Waals surface area contributed by atoms with Gasteiger partial charge >= 0.3 is 5.97 Å². The molecule has 2 aromatic heterocycles. The number of nitrogens with zero attached hydrogens (tertiary/aromatic N) is 2. The van der Waals surface area contributed by atoms with E-state index >= 15 is 0 Å². The number of hydrogen-bond acceptors (Lipinski definition) is 4. The predicted molar refractivity (Wildman–Crippen MR) is 109 cm³/mol. The summed E-state index contributed by atoms with van der Waals surface area (Å²) in [7, 11) is 0. The van der Waals surface area contributed by atoms with Crippen molar-refractivity contribution in [3.8, 4) is 0 Å². The number of hydrogen-bond donors (Lipinski definition) is 1. The maximum Gasteiger partial charge on any atom is 0.338 e. The highest BCUT2D eigenvalue weighted by molar-refractivity contribution is 9.10. The van der Waals surface area contributed by atoms with Gasteiger partial charge in [0.05, 0.1) is 34.8 Å². The quantitative estimate of drug-likeness (QED) is 0.457. The zero-order chi connectivity index (χ0) is 19.0. The molecule has 2 heterocycles. The van der Waals surface area contributed by atoms with Gasteiger partial charge in [-0.25, -0.2) is 9.78 Å². The van der Waals surface area contributed by atoms with Crippen LogP contribution in [0.3, 0.4) is 0 Å². The molecular weight excluding hydrogens is 406 g/mol. The summed E-state index contributed by atoms with van der Waals surface area (Å²) in [6, 6.07) is 13.5. The van der Waals surface area contributed by atoms with E-state index in [-0.39, 0.29) is 11.9 Å². The van der Waals surface area contributed by atoms with Gasteiger partial charge < -0.3 is 9.72 Å². The lowest BCUT2D eigenvalue weighted by atomic mass is 9.97.